The van der Waals surface area contributed by atoms with Crippen molar-refractivity contribution in [2.24, 2.45) is 0 Å². The van der Waals surface area contributed by atoms with Crippen LogP contribution in [0.15, 0.2) is 0 Å². The molecule has 2 rings (SSSR count). The van der Waals surface area contributed by atoms with Crippen molar-refractivity contribution in [1.29, 1.82) is 0 Å². The standard InChI is InChI=1S/C13H28N4S2.ClH/c1-10-6-8-17(9-7-11(2)16(10)5)13-14-12(15(3)4)18-19-13;/h10-14H,6-9H2,1-5H3;1H. The number of halogens is 1. The van der Waals surface area contributed by atoms with Crippen molar-refractivity contribution in [3.8, 4) is 0 Å². The van der Waals surface area contributed by atoms with Gasteiger partial charge in [-0.15, -0.1) is 12.4 Å². The van der Waals surface area contributed by atoms with Gasteiger partial charge in [0.05, 0.1) is 0 Å². The summed E-state index contributed by atoms with van der Waals surface area (Å²) >= 11 is 0. The maximum atomic E-state index is 3.71. The summed E-state index contributed by atoms with van der Waals surface area (Å²) in [5, 5.41) is 3.71. The van der Waals surface area contributed by atoms with Gasteiger partial charge in [0.1, 0.15) is 11.0 Å². The van der Waals surface area contributed by atoms with E-state index in [1.165, 1.54) is 25.9 Å². The average molecular weight is 341 g/mol. The molecule has 120 valence electrons. The normalized spacial score (nSPS) is 37.5. The second-order valence-corrected chi connectivity index (χ2v) is 8.44. The van der Waals surface area contributed by atoms with Gasteiger partial charge in [0.15, 0.2) is 0 Å². The summed E-state index contributed by atoms with van der Waals surface area (Å²) in [4.78, 5) is 7.41. The Balaban J connectivity index is 0.00000200. The van der Waals surface area contributed by atoms with Crippen molar-refractivity contribution in [3.05, 3.63) is 0 Å². The maximum absolute atomic E-state index is 3.71. The van der Waals surface area contributed by atoms with E-state index in [4.69, 9.17) is 0 Å². The van der Waals surface area contributed by atoms with Gasteiger partial charge < -0.3 is 4.90 Å². The fourth-order valence-electron chi connectivity index (χ4n) is 2.58. The van der Waals surface area contributed by atoms with Crippen LogP contribution in [0.5, 0.6) is 0 Å². The first-order valence-corrected chi connectivity index (χ1v) is 9.47. The summed E-state index contributed by atoms with van der Waals surface area (Å²) < 4.78 is 0. The number of nitrogens with zero attached hydrogens (tertiary/aromatic N) is 3. The first kappa shape index (κ1) is 18.9. The summed E-state index contributed by atoms with van der Waals surface area (Å²) in [6.45, 7) is 7.10. The molecule has 20 heavy (non-hydrogen) atoms. The monoisotopic (exact) mass is 340 g/mol. The van der Waals surface area contributed by atoms with Gasteiger partial charge in [-0.1, -0.05) is 21.6 Å². The van der Waals surface area contributed by atoms with Crippen molar-refractivity contribution in [3.63, 3.8) is 0 Å². The zero-order valence-electron chi connectivity index (χ0n) is 13.2. The van der Waals surface area contributed by atoms with Crippen LogP contribution in [0.3, 0.4) is 0 Å². The summed E-state index contributed by atoms with van der Waals surface area (Å²) in [5.74, 6) is 0. The third-order valence-electron chi connectivity index (χ3n) is 4.38. The highest BCUT2D eigenvalue weighted by molar-refractivity contribution is 8.77. The Hall–Kier alpha value is 0.830. The van der Waals surface area contributed by atoms with Gasteiger partial charge in [-0.25, -0.2) is 0 Å². The van der Waals surface area contributed by atoms with Crippen molar-refractivity contribution in [1.82, 2.24) is 20.0 Å². The van der Waals surface area contributed by atoms with E-state index in [0.717, 1.165) is 0 Å². The molecule has 2 saturated heterocycles. The molecule has 2 aliphatic rings. The highest BCUT2D eigenvalue weighted by Crippen LogP contribution is 2.39. The lowest BCUT2D eigenvalue weighted by Crippen LogP contribution is -2.51. The Kier molecular flexibility index (Phi) is 7.98. The molecule has 0 bridgehead atoms. The van der Waals surface area contributed by atoms with Crippen LogP contribution in [-0.4, -0.2) is 72.0 Å². The predicted molar refractivity (Wildman–Crippen MR) is 94.3 cm³/mol. The minimum absolute atomic E-state index is 0. The minimum atomic E-state index is 0. The van der Waals surface area contributed by atoms with Crippen LogP contribution in [0.1, 0.15) is 26.7 Å². The van der Waals surface area contributed by atoms with Crippen molar-refractivity contribution in [2.45, 2.75) is 49.8 Å². The Labute approximate surface area is 138 Å². The summed E-state index contributed by atoms with van der Waals surface area (Å²) in [7, 11) is 10.5. The SMILES string of the molecule is CC1CCN(C2NC(N(C)C)SS2)CCC(C)N1C.Cl. The van der Waals surface area contributed by atoms with E-state index in [0.29, 0.717) is 23.1 Å². The Morgan fingerprint density at radius 2 is 1.60 bits per heavy atom. The summed E-state index contributed by atoms with van der Waals surface area (Å²) in [5.41, 5.74) is 0.915. The molecule has 0 spiro atoms. The molecule has 2 aliphatic heterocycles. The largest absolute Gasteiger partial charge is 0.301 e. The molecule has 4 atom stereocenters. The Morgan fingerprint density at radius 3 is 2.05 bits per heavy atom. The van der Waals surface area contributed by atoms with Crippen LogP contribution in [0, 0.1) is 0 Å². The number of rotatable bonds is 2. The molecule has 0 aliphatic carbocycles. The van der Waals surface area contributed by atoms with Crippen molar-refractivity contribution >= 4 is 34.0 Å². The van der Waals surface area contributed by atoms with E-state index in [-0.39, 0.29) is 12.4 Å². The minimum Gasteiger partial charge on any atom is -0.301 e. The predicted octanol–water partition coefficient (Wildman–Crippen LogP) is 2.33. The molecule has 0 amide bonds. The van der Waals surface area contributed by atoms with Gasteiger partial charge in [0, 0.05) is 25.2 Å². The number of hydrogen-bond donors (Lipinski definition) is 1. The Bertz CT molecular complexity index is 282. The third-order valence-corrected chi connectivity index (χ3v) is 7.28. The molecule has 2 heterocycles. The van der Waals surface area contributed by atoms with Crippen molar-refractivity contribution < 1.29 is 0 Å². The molecule has 4 nitrogen and oxygen atoms in total. The quantitative estimate of drug-likeness (QED) is 0.773. The van der Waals surface area contributed by atoms with E-state index >= 15 is 0 Å². The van der Waals surface area contributed by atoms with Gasteiger partial charge in [-0.3, -0.25) is 15.1 Å². The lowest BCUT2D eigenvalue weighted by Gasteiger charge is -2.38. The molecular weight excluding hydrogens is 312 g/mol. The summed E-state index contributed by atoms with van der Waals surface area (Å²) in [6.07, 6.45) is 2.52. The van der Waals surface area contributed by atoms with Crippen molar-refractivity contribution in [2.75, 3.05) is 34.2 Å². The summed E-state index contributed by atoms with van der Waals surface area (Å²) in [6, 6.07) is 1.36. The van der Waals surface area contributed by atoms with E-state index < -0.39 is 0 Å². The van der Waals surface area contributed by atoms with Crippen LogP contribution in [0.25, 0.3) is 0 Å². The van der Waals surface area contributed by atoms with Crippen LogP contribution in [-0.2, 0) is 0 Å². The molecule has 0 aromatic carbocycles. The van der Waals surface area contributed by atoms with Gasteiger partial charge in [-0.2, -0.15) is 0 Å². The smallest absolute Gasteiger partial charge is 0.120 e. The highest BCUT2D eigenvalue weighted by Gasteiger charge is 2.32. The lowest BCUT2D eigenvalue weighted by molar-refractivity contribution is 0.104. The average Bonchev–Trinajstić information content (AvgIpc) is 2.85. The molecule has 7 heteroatoms. The van der Waals surface area contributed by atoms with E-state index in [1.807, 2.05) is 21.6 Å². The van der Waals surface area contributed by atoms with Gasteiger partial charge in [0.25, 0.3) is 0 Å². The van der Waals surface area contributed by atoms with E-state index in [2.05, 4.69) is 55.0 Å². The maximum Gasteiger partial charge on any atom is 0.120 e. The number of nitrogens with one attached hydrogen (secondary N) is 1. The molecule has 0 saturated carbocycles. The topological polar surface area (TPSA) is 21.8 Å². The van der Waals surface area contributed by atoms with E-state index in [1.54, 1.807) is 0 Å². The first-order chi connectivity index (χ1) is 8.99. The fourth-order valence-corrected chi connectivity index (χ4v) is 5.59. The molecule has 1 N–H and O–H groups in total. The van der Waals surface area contributed by atoms with E-state index in [9.17, 15) is 0 Å². The third kappa shape index (κ3) is 4.66. The molecular formula is C13H29ClN4S2. The number of hydrogen-bond acceptors (Lipinski definition) is 6. The second-order valence-electron chi connectivity index (χ2n) is 6.00. The fraction of sp³-hybridized carbons (Fsp3) is 1.00. The van der Waals surface area contributed by atoms with Crippen LogP contribution >= 0.6 is 34.0 Å². The van der Waals surface area contributed by atoms with Gasteiger partial charge in [-0.05, 0) is 47.8 Å². The molecule has 0 aromatic heterocycles. The lowest BCUT2D eigenvalue weighted by atomic mass is 10.1. The van der Waals surface area contributed by atoms with Gasteiger partial charge in [0.2, 0.25) is 0 Å². The molecule has 2 fully saturated rings. The van der Waals surface area contributed by atoms with Crippen LogP contribution < -0.4 is 5.32 Å². The molecule has 0 aromatic rings. The first-order valence-electron chi connectivity index (χ1n) is 7.19. The zero-order valence-corrected chi connectivity index (χ0v) is 15.7. The van der Waals surface area contributed by atoms with Crippen LogP contribution in [0.4, 0.5) is 0 Å². The second kappa shape index (κ2) is 8.46. The highest BCUT2D eigenvalue weighted by atomic mass is 35.5. The zero-order chi connectivity index (χ0) is 14.0. The Morgan fingerprint density at radius 1 is 1.05 bits per heavy atom. The van der Waals surface area contributed by atoms with Crippen LogP contribution in [0.2, 0.25) is 0 Å². The molecule has 0 radical (unpaired) electrons. The van der Waals surface area contributed by atoms with Gasteiger partial charge >= 0.3 is 0 Å². The molecule has 4 unspecified atom stereocenters.